The van der Waals surface area contributed by atoms with Gasteiger partial charge < -0.3 is 20.1 Å². The number of methoxy groups -OCH3 is 1. The van der Waals surface area contributed by atoms with E-state index in [4.69, 9.17) is 21.7 Å². The van der Waals surface area contributed by atoms with Gasteiger partial charge in [0.1, 0.15) is 11.5 Å². The fourth-order valence-electron chi connectivity index (χ4n) is 2.43. The number of anilines is 2. The third-order valence-corrected chi connectivity index (χ3v) is 4.66. The lowest BCUT2D eigenvalue weighted by Gasteiger charge is -2.14. The van der Waals surface area contributed by atoms with E-state index in [1.165, 1.54) is 7.11 Å². The van der Waals surface area contributed by atoms with Crippen molar-refractivity contribution in [2.45, 2.75) is 26.2 Å². The van der Waals surface area contributed by atoms with E-state index >= 15 is 0 Å². The molecule has 3 N–H and O–H groups in total. The first kappa shape index (κ1) is 23.6. The number of carbonyl (C=O) groups is 2. The van der Waals surface area contributed by atoms with Crippen molar-refractivity contribution in [3.63, 3.8) is 0 Å². The van der Waals surface area contributed by atoms with E-state index in [-0.39, 0.29) is 23.5 Å². The number of nitrogens with one attached hydrogen (secondary N) is 3. The SMILES string of the molecule is CCCCC(=O)Nc1ccc(NC(=S)NC(=O)COc2ccc(Br)cc2)cc1OC. The average molecular weight is 494 g/mol. The Morgan fingerprint density at radius 1 is 1.07 bits per heavy atom. The normalized spacial score (nSPS) is 10.1. The van der Waals surface area contributed by atoms with Crippen LogP contribution in [0.4, 0.5) is 11.4 Å². The predicted octanol–water partition coefficient (Wildman–Crippen LogP) is 4.48. The Morgan fingerprint density at radius 2 is 1.80 bits per heavy atom. The van der Waals surface area contributed by atoms with Crippen LogP contribution in [0.3, 0.4) is 0 Å². The Morgan fingerprint density at radius 3 is 2.47 bits per heavy atom. The van der Waals surface area contributed by atoms with E-state index in [1.807, 2.05) is 19.1 Å². The van der Waals surface area contributed by atoms with Crippen molar-refractivity contribution in [2.24, 2.45) is 0 Å². The zero-order valence-corrected chi connectivity index (χ0v) is 19.2. The maximum absolute atomic E-state index is 12.0. The molecule has 2 aromatic carbocycles. The van der Waals surface area contributed by atoms with Crippen LogP contribution in [0, 0.1) is 0 Å². The molecule has 160 valence electrons. The van der Waals surface area contributed by atoms with E-state index in [9.17, 15) is 9.59 Å². The molecule has 0 atom stereocenters. The zero-order valence-electron chi connectivity index (χ0n) is 16.8. The molecule has 2 amide bonds. The fourth-order valence-corrected chi connectivity index (χ4v) is 2.92. The Hall–Kier alpha value is -2.65. The van der Waals surface area contributed by atoms with Gasteiger partial charge in [-0.25, -0.2) is 0 Å². The molecular weight excluding hydrogens is 470 g/mol. The van der Waals surface area contributed by atoms with Crippen LogP contribution in [0.2, 0.25) is 0 Å². The van der Waals surface area contributed by atoms with Gasteiger partial charge in [-0.1, -0.05) is 29.3 Å². The van der Waals surface area contributed by atoms with E-state index in [0.717, 1.165) is 17.3 Å². The summed E-state index contributed by atoms with van der Waals surface area (Å²) in [7, 11) is 1.51. The molecule has 0 fully saturated rings. The van der Waals surface area contributed by atoms with Crippen LogP contribution in [-0.2, 0) is 9.59 Å². The largest absolute Gasteiger partial charge is 0.494 e. The number of unbranched alkanes of at least 4 members (excludes halogenated alkanes) is 1. The van der Waals surface area contributed by atoms with Crippen molar-refractivity contribution in [3.05, 3.63) is 46.9 Å². The summed E-state index contributed by atoms with van der Waals surface area (Å²) in [6.07, 6.45) is 2.23. The van der Waals surface area contributed by atoms with E-state index in [0.29, 0.717) is 29.3 Å². The van der Waals surface area contributed by atoms with Gasteiger partial charge in [0.2, 0.25) is 5.91 Å². The minimum absolute atomic E-state index is 0.0654. The van der Waals surface area contributed by atoms with Crippen LogP contribution in [0.25, 0.3) is 0 Å². The highest BCUT2D eigenvalue weighted by Gasteiger charge is 2.10. The van der Waals surface area contributed by atoms with Gasteiger partial charge in [-0.05, 0) is 55.0 Å². The minimum atomic E-state index is -0.387. The molecule has 9 heteroatoms. The van der Waals surface area contributed by atoms with Crippen molar-refractivity contribution in [1.82, 2.24) is 5.32 Å². The number of amides is 2. The quantitative estimate of drug-likeness (QED) is 0.446. The maximum atomic E-state index is 12.0. The second kappa shape index (κ2) is 12.1. The van der Waals surface area contributed by atoms with Crippen LogP contribution in [-0.4, -0.2) is 30.6 Å². The second-order valence-electron chi connectivity index (χ2n) is 6.31. The summed E-state index contributed by atoms with van der Waals surface area (Å²) in [6.45, 7) is 1.86. The van der Waals surface area contributed by atoms with Gasteiger partial charge >= 0.3 is 0 Å². The third-order valence-electron chi connectivity index (χ3n) is 3.93. The Bertz CT molecular complexity index is 890. The monoisotopic (exact) mass is 493 g/mol. The highest BCUT2D eigenvalue weighted by atomic mass is 79.9. The van der Waals surface area contributed by atoms with Gasteiger partial charge in [-0.3, -0.25) is 14.9 Å². The van der Waals surface area contributed by atoms with Gasteiger partial charge in [-0.15, -0.1) is 0 Å². The first-order valence-corrected chi connectivity index (χ1v) is 10.6. The molecule has 0 aliphatic carbocycles. The molecule has 0 aliphatic heterocycles. The van der Waals surface area contributed by atoms with Gasteiger partial charge in [0.05, 0.1) is 12.8 Å². The molecular formula is C21H24BrN3O4S. The van der Waals surface area contributed by atoms with Crippen molar-refractivity contribution in [2.75, 3.05) is 24.4 Å². The number of rotatable bonds is 9. The number of benzene rings is 2. The fraction of sp³-hybridized carbons (Fsp3) is 0.286. The standard InChI is InChI=1S/C21H24BrN3O4S/c1-3-4-5-19(26)24-17-11-8-15(12-18(17)28-2)23-21(30)25-20(27)13-29-16-9-6-14(22)7-10-16/h6-12H,3-5,13H2,1-2H3,(H,24,26)(H2,23,25,27,30). The van der Waals surface area contributed by atoms with Gasteiger partial charge in [-0.2, -0.15) is 0 Å². The number of halogens is 1. The summed E-state index contributed by atoms with van der Waals surface area (Å²) in [5.41, 5.74) is 1.18. The molecule has 0 unspecified atom stereocenters. The molecule has 2 rings (SSSR count). The van der Waals surface area contributed by atoms with Crippen molar-refractivity contribution in [3.8, 4) is 11.5 Å². The average Bonchev–Trinajstić information content (AvgIpc) is 2.72. The number of thiocarbonyl (C=S) groups is 1. The molecule has 0 saturated carbocycles. The summed E-state index contributed by atoms with van der Waals surface area (Å²) >= 11 is 8.51. The van der Waals surface area contributed by atoms with Gasteiger partial charge in [0.15, 0.2) is 11.7 Å². The molecule has 0 spiro atoms. The number of hydrogen-bond donors (Lipinski definition) is 3. The maximum Gasteiger partial charge on any atom is 0.264 e. The Labute approximate surface area is 189 Å². The van der Waals surface area contributed by atoms with Crippen molar-refractivity contribution in [1.29, 1.82) is 0 Å². The lowest BCUT2D eigenvalue weighted by atomic mass is 10.2. The highest BCUT2D eigenvalue weighted by molar-refractivity contribution is 9.10. The molecule has 0 bridgehead atoms. The van der Waals surface area contributed by atoms with Gasteiger partial charge in [0.25, 0.3) is 5.91 Å². The van der Waals surface area contributed by atoms with Gasteiger partial charge in [0, 0.05) is 22.6 Å². The molecule has 0 aliphatic rings. The molecule has 0 radical (unpaired) electrons. The van der Waals surface area contributed by atoms with Crippen LogP contribution in [0.1, 0.15) is 26.2 Å². The molecule has 2 aromatic rings. The lowest BCUT2D eigenvalue weighted by molar-refractivity contribution is -0.121. The predicted molar refractivity (Wildman–Crippen MR) is 125 cm³/mol. The van der Waals surface area contributed by atoms with E-state index in [2.05, 4.69) is 31.9 Å². The van der Waals surface area contributed by atoms with Crippen molar-refractivity contribution < 1.29 is 19.1 Å². The first-order valence-electron chi connectivity index (χ1n) is 9.38. The summed E-state index contributed by atoms with van der Waals surface area (Å²) in [5, 5.41) is 8.42. The summed E-state index contributed by atoms with van der Waals surface area (Å²) < 4.78 is 11.7. The summed E-state index contributed by atoms with van der Waals surface area (Å²) in [6, 6.07) is 12.3. The molecule has 0 aromatic heterocycles. The first-order chi connectivity index (χ1) is 14.4. The van der Waals surface area contributed by atoms with Crippen LogP contribution in [0.5, 0.6) is 11.5 Å². The summed E-state index contributed by atoms with van der Waals surface area (Å²) in [5.74, 6) is 0.609. The smallest absolute Gasteiger partial charge is 0.264 e. The highest BCUT2D eigenvalue weighted by Crippen LogP contribution is 2.28. The number of ether oxygens (including phenoxy) is 2. The molecule has 0 heterocycles. The molecule has 0 saturated heterocycles. The van der Waals surface area contributed by atoms with Crippen LogP contribution >= 0.6 is 28.1 Å². The Balaban J connectivity index is 1.87. The minimum Gasteiger partial charge on any atom is -0.494 e. The van der Waals surface area contributed by atoms with Crippen LogP contribution < -0.4 is 25.4 Å². The van der Waals surface area contributed by atoms with Crippen LogP contribution in [0.15, 0.2) is 46.9 Å². The Kier molecular flexibility index (Phi) is 9.56. The van der Waals surface area contributed by atoms with Crippen molar-refractivity contribution >= 4 is 56.4 Å². The second-order valence-corrected chi connectivity index (χ2v) is 7.64. The van der Waals surface area contributed by atoms with E-state index < -0.39 is 0 Å². The topological polar surface area (TPSA) is 88.7 Å². The summed E-state index contributed by atoms with van der Waals surface area (Å²) in [4.78, 5) is 24.0. The molecule has 7 nitrogen and oxygen atoms in total. The number of hydrogen-bond acceptors (Lipinski definition) is 5. The van der Waals surface area contributed by atoms with E-state index in [1.54, 1.807) is 30.3 Å². The molecule has 30 heavy (non-hydrogen) atoms. The lowest BCUT2D eigenvalue weighted by Crippen LogP contribution is -2.37. The number of carbonyl (C=O) groups excluding carboxylic acids is 2. The third kappa shape index (κ3) is 8.00. The zero-order chi connectivity index (χ0) is 21.9.